The minimum Gasteiger partial charge on any atom is -0.295 e. The third kappa shape index (κ3) is 4.67. The van der Waals surface area contributed by atoms with Crippen molar-refractivity contribution in [3.05, 3.63) is 52.5 Å². The van der Waals surface area contributed by atoms with Crippen LogP contribution in [-0.2, 0) is 10.0 Å². The van der Waals surface area contributed by atoms with Gasteiger partial charge < -0.3 is 0 Å². The van der Waals surface area contributed by atoms with E-state index in [2.05, 4.69) is 15.0 Å². The van der Waals surface area contributed by atoms with Crippen LogP contribution in [0.15, 0.2) is 46.0 Å². The highest BCUT2D eigenvalue weighted by molar-refractivity contribution is 7.89. The molecule has 0 unspecified atom stereocenters. The van der Waals surface area contributed by atoms with Crippen molar-refractivity contribution in [1.29, 1.82) is 0 Å². The maximum Gasteiger partial charge on any atom is 0.243 e. The molecule has 1 aromatic carbocycles. The van der Waals surface area contributed by atoms with Crippen LogP contribution in [0.2, 0.25) is 0 Å². The maximum absolute atomic E-state index is 13.9. The minimum atomic E-state index is -3.87. The molecule has 2 aromatic rings. The van der Waals surface area contributed by atoms with Crippen LogP contribution >= 0.6 is 11.3 Å². The number of nitrogens with one attached hydrogen (secondary N) is 1. The molecule has 1 N–H and O–H groups in total. The lowest BCUT2D eigenvalue weighted by molar-refractivity contribution is 0.206. The second kappa shape index (κ2) is 8.40. The van der Waals surface area contributed by atoms with E-state index in [1.54, 1.807) is 11.3 Å². The maximum atomic E-state index is 13.9. The molecule has 25 heavy (non-hydrogen) atoms. The molecule has 2 heterocycles. The summed E-state index contributed by atoms with van der Waals surface area (Å²) in [6.07, 6.45) is 4.68. The second-order valence-electron chi connectivity index (χ2n) is 6.30. The van der Waals surface area contributed by atoms with E-state index >= 15 is 0 Å². The van der Waals surface area contributed by atoms with Crippen LogP contribution in [-0.4, -0.2) is 33.0 Å². The van der Waals surface area contributed by atoms with Crippen molar-refractivity contribution in [2.75, 3.05) is 19.6 Å². The van der Waals surface area contributed by atoms with E-state index < -0.39 is 15.8 Å². The van der Waals surface area contributed by atoms with Crippen molar-refractivity contribution < 1.29 is 12.8 Å². The Morgan fingerprint density at radius 3 is 2.48 bits per heavy atom. The standard InChI is InChI=1S/C18H23FN2O2S2/c19-16-7-3-4-8-18(16)25(22,23)20-13-17(15-9-12-24-14-15)21-10-5-1-2-6-11-21/h3-4,7-9,12,14,17,20H,1-2,5-6,10-11,13H2/t17-/m1/s1. The lowest BCUT2D eigenvalue weighted by Crippen LogP contribution is -2.38. The van der Waals surface area contributed by atoms with Gasteiger partial charge in [-0.2, -0.15) is 11.3 Å². The molecule has 136 valence electrons. The number of nitrogens with zero attached hydrogens (tertiary/aromatic N) is 1. The van der Waals surface area contributed by atoms with Crippen molar-refractivity contribution >= 4 is 21.4 Å². The zero-order valence-electron chi connectivity index (χ0n) is 14.0. The summed E-state index contributed by atoms with van der Waals surface area (Å²) in [6, 6.07) is 7.49. The van der Waals surface area contributed by atoms with Crippen molar-refractivity contribution in [3.63, 3.8) is 0 Å². The molecule has 4 nitrogen and oxygen atoms in total. The summed E-state index contributed by atoms with van der Waals surface area (Å²) in [4.78, 5) is 2.05. The van der Waals surface area contributed by atoms with Crippen LogP contribution in [0.3, 0.4) is 0 Å². The van der Waals surface area contributed by atoms with Gasteiger partial charge in [0, 0.05) is 12.6 Å². The summed E-state index contributed by atoms with van der Waals surface area (Å²) in [6.45, 7) is 2.16. The molecule has 1 atom stereocenters. The van der Waals surface area contributed by atoms with E-state index in [9.17, 15) is 12.8 Å². The van der Waals surface area contributed by atoms with E-state index in [1.807, 2.05) is 11.4 Å². The van der Waals surface area contributed by atoms with E-state index in [1.165, 1.54) is 37.1 Å². The number of rotatable bonds is 6. The Hall–Kier alpha value is -1.28. The largest absolute Gasteiger partial charge is 0.295 e. The van der Waals surface area contributed by atoms with Gasteiger partial charge in [0.1, 0.15) is 10.7 Å². The lowest BCUT2D eigenvalue weighted by Gasteiger charge is -2.30. The third-order valence-corrected chi connectivity index (χ3v) is 6.76. The van der Waals surface area contributed by atoms with Gasteiger partial charge in [0.15, 0.2) is 0 Å². The molecule has 1 saturated heterocycles. The number of benzene rings is 1. The van der Waals surface area contributed by atoms with Gasteiger partial charge >= 0.3 is 0 Å². The molecule has 3 rings (SSSR count). The molecule has 0 radical (unpaired) electrons. The Morgan fingerprint density at radius 1 is 1.12 bits per heavy atom. The molecule has 0 spiro atoms. The highest BCUT2D eigenvalue weighted by Gasteiger charge is 2.25. The van der Waals surface area contributed by atoms with Crippen LogP contribution in [0.5, 0.6) is 0 Å². The molecule has 0 bridgehead atoms. The van der Waals surface area contributed by atoms with Gasteiger partial charge in [-0.1, -0.05) is 25.0 Å². The highest BCUT2D eigenvalue weighted by Crippen LogP contribution is 2.26. The highest BCUT2D eigenvalue weighted by atomic mass is 32.2. The fourth-order valence-electron chi connectivity index (χ4n) is 3.26. The van der Waals surface area contributed by atoms with Crippen LogP contribution in [0, 0.1) is 5.82 Å². The molecule has 1 aromatic heterocycles. The van der Waals surface area contributed by atoms with Crippen LogP contribution < -0.4 is 4.72 Å². The smallest absolute Gasteiger partial charge is 0.243 e. The molecule has 0 aliphatic carbocycles. The monoisotopic (exact) mass is 382 g/mol. The number of sulfonamides is 1. The predicted molar refractivity (Wildman–Crippen MR) is 98.7 cm³/mol. The summed E-state index contributed by atoms with van der Waals surface area (Å²) in [5.74, 6) is -0.725. The molecular formula is C18H23FN2O2S2. The molecular weight excluding hydrogens is 359 g/mol. The van der Waals surface area contributed by atoms with Crippen molar-refractivity contribution in [1.82, 2.24) is 9.62 Å². The second-order valence-corrected chi connectivity index (χ2v) is 8.82. The normalized spacial score (nSPS) is 18.0. The molecule has 1 aliphatic heterocycles. The molecule has 0 amide bonds. The van der Waals surface area contributed by atoms with Crippen LogP contribution in [0.25, 0.3) is 0 Å². The fourth-order valence-corrected chi connectivity index (χ4v) is 5.08. The Morgan fingerprint density at radius 2 is 1.84 bits per heavy atom. The first kappa shape index (κ1) is 18.5. The van der Waals surface area contributed by atoms with E-state index in [4.69, 9.17) is 0 Å². The summed E-state index contributed by atoms with van der Waals surface area (Å²) in [7, 11) is -3.87. The van der Waals surface area contributed by atoms with Crippen molar-refractivity contribution in [2.45, 2.75) is 36.6 Å². The first-order chi connectivity index (χ1) is 12.1. The zero-order valence-corrected chi connectivity index (χ0v) is 15.7. The summed E-state index contributed by atoms with van der Waals surface area (Å²) < 4.78 is 41.5. The van der Waals surface area contributed by atoms with Gasteiger partial charge in [0.2, 0.25) is 10.0 Å². The average molecular weight is 383 g/mol. The van der Waals surface area contributed by atoms with Gasteiger partial charge in [-0.25, -0.2) is 17.5 Å². The molecule has 7 heteroatoms. The van der Waals surface area contributed by atoms with Gasteiger partial charge in [-0.05, 0) is 60.5 Å². The number of halogens is 1. The topological polar surface area (TPSA) is 49.4 Å². The van der Waals surface area contributed by atoms with Gasteiger partial charge in [0.05, 0.1) is 0 Å². The Balaban J connectivity index is 1.77. The van der Waals surface area contributed by atoms with Crippen molar-refractivity contribution in [2.24, 2.45) is 0 Å². The van der Waals surface area contributed by atoms with E-state index in [0.29, 0.717) is 0 Å². The summed E-state index contributed by atoms with van der Waals surface area (Å²) >= 11 is 1.61. The van der Waals surface area contributed by atoms with Gasteiger partial charge in [-0.3, -0.25) is 4.90 Å². The Labute approximate surface area is 152 Å². The third-order valence-electron chi connectivity index (χ3n) is 4.60. The number of likely N-dealkylation sites (tertiary alicyclic amines) is 1. The van der Waals surface area contributed by atoms with Gasteiger partial charge in [-0.15, -0.1) is 0 Å². The first-order valence-electron chi connectivity index (χ1n) is 8.58. The predicted octanol–water partition coefficient (Wildman–Crippen LogP) is 3.78. The first-order valence-corrected chi connectivity index (χ1v) is 11.0. The molecule has 1 aliphatic rings. The Bertz CT molecular complexity index is 770. The quantitative estimate of drug-likeness (QED) is 0.827. The molecule has 1 fully saturated rings. The van der Waals surface area contributed by atoms with Gasteiger partial charge in [0.25, 0.3) is 0 Å². The van der Waals surface area contributed by atoms with E-state index in [0.717, 1.165) is 31.5 Å². The Kier molecular flexibility index (Phi) is 6.22. The minimum absolute atomic E-state index is 0.0223. The van der Waals surface area contributed by atoms with Crippen LogP contribution in [0.4, 0.5) is 4.39 Å². The van der Waals surface area contributed by atoms with Crippen molar-refractivity contribution in [3.8, 4) is 0 Å². The number of thiophene rings is 1. The summed E-state index contributed by atoms with van der Waals surface area (Å²) in [5.41, 5.74) is 1.11. The average Bonchev–Trinajstić information content (AvgIpc) is 2.98. The number of hydrogen-bond donors (Lipinski definition) is 1. The molecule has 0 saturated carbocycles. The zero-order chi connectivity index (χ0) is 17.7. The lowest BCUT2D eigenvalue weighted by atomic mass is 10.1. The summed E-state index contributed by atoms with van der Waals surface area (Å²) in [5, 5.41) is 4.07. The fraction of sp³-hybridized carbons (Fsp3) is 0.444. The van der Waals surface area contributed by atoms with Crippen LogP contribution in [0.1, 0.15) is 37.3 Å². The van der Waals surface area contributed by atoms with E-state index in [-0.39, 0.29) is 17.5 Å². The number of hydrogen-bond acceptors (Lipinski definition) is 4. The SMILES string of the molecule is O=S(=O)(NC[C@H](c1ccsc1)N1CCCCCC1)c1ccccc1F.